The van der Waals surface area contributed by atoms with Crippen molar-refractivity contribution in [2.24, 2.45) is 0 Å². The molecule has 0 aliphatic rings. The molecule has 0 saturated carbocycles. The molecule has 0 aromatic rings. The van der Waals surface area contributed by atoms with Crippen LogP contribution in [0.5, 0.6) is 0 Å². The molecule has 0 fully saturated rings. The Kier molecular flexibility index (Phi) is 5.94. The summed E-state index contributed by atoms with van der Waals surface area (Å²) in [5.41, 5.74) is 0. The Morgan fingerprint density at radius 1 is 1.83 bits per heavy atom. The first-order valence-electron chi connectivity index (χ1n) is 2.23. The summed E-state index contributed by atoms with van der Waals surface area (Å²) >= 11 is 2.23. The van der Waals surface area contributed by atoms with Crippen LogP contribution in [0.4, 0.5) is 0 Å². The standard InChI is InChI=1S/C4H9O.Al.H2/c1-2-3-4-5;;/h2-4H2,1H3;;1H/q-1;+1;. The van der Waals surface area contributed by atoms with Crippen LogP contribution in [0.15, 0.2) is 0 Å². The highest BCUT2D eigenvalue weighted by Crippen LogP contribution is 1.82. The van der Waals surface area contributed by atoms with Crippen molar-refractivity contribution in [2.45, 2.75) is 19.8 Å². The minimum Gasteiger partial charge on any atom is -0.516 e. The molecule has 0 amide bonds. The van der Waals surface area contributed by atoms with Crippen molar-refractivity contribution >= 4 is 16.6 Å². The minimum atomic E-state index is 0. The van der Waals surface area contributed by atoms with Gasteiger partial charge < -0.3 is 3.79 Å². The lowest BCUT2D eigenvalue weighted by atomic mass is 10.4. The fourth-order valence-corrected chi connectivity index (χ4v) is 0.394. The predicted molar refractivity (Wildman–Crippen MR) is 28.7 cm³/mol. The molecule has 0 aliphatic carbocycles. The molecule has 0 aromatic carbocycles. The van der Waals surface area contributed by atoms with Gasteiger partial charge in [-0.25, -0.2) is 0 Å². The van der Waals surface area contributed by atoms with Gasteiger partial charge in [0.05, 0.1) is 0 Å². The highest BCUT2D eigenvalue weighted by atomic mass is 27.1. The number of unbranched alkanes of at least 4 members (excludes halogenated alkanes) is 1. The maximum Gasteiger partial charge on any atom is 0.369 e. The van der Waals surface area contributed by atoms with E-state index in [2.05, 4.69) is 23.5 Å². The molecule has 0 spiro atoms. The van der Waals surface area contributed by atoms with Crippen molar-refractivity contribution < 1.29 is 5.22 Å². The topological polar surface area (TPSA) is 9.23 Å². The van der Waals surface area contributed by atoms with Gasteiger partial charge in [-0.05, 0) is 6.42 Å². The van der Waals surface area contributed by atoms with E-state index in [-0.39, 0.29) is 1.43 Å². The van der Waals surface area contributed by atoms with Crippen LogP contribution in [0.1, 0.15) is 21.2 Å². The number of rotatable bonds is 3. The molecule has 6 heavy (non-hydrogen) atoms. The predicted octanol–water partition coefficient (Wildman–Crippen LogP) is 1.13. The van der Waals surface area contributed by atoms with Crippen LogP contribution in [0, 0.1) is 0 Å². The third kappa shape index (κ3) is 4.49. The Morgan fingerprint density at radius 2 is 2.50 bits per heavy atom. The maximum atomic E-state index is 4.70. The fraction of sp³-hybridized carbons (Fsp3) is 1.00. The molecule has 0 N–H and O–H groups in total. The zero-order chi connectivity index (χ0) is 4.83. The van der Waals surface area contributed by atoms with Crippen LogP contribution in [0.2, 0.25) is 0 Å². The second-order valence-electron chi connectivity index (χ2n) is 1.22. The first-order chi connectivity index (χ1) is 2.91. The van der Waals surface area contributed by atoms with Crippen molar-refractivity contribution in [3.63, 3.8) is 0 Å². The van der Waals surface area contributed by atoms with Gasteiger partial charge in [0.25, 0.3) is 0 Å². The molecule has 0 saturated heterocycles. The summed E-state index contributed by atoms with van der Waals surface area (Å²) in [6, 6.07) is 0. The number of hydrogen-bond donors (Lipinski definition) is 0. The Bertz CT molecular complexity index is 23.7. The van der Waals surface area contributed by atoms with Crippen LogP contribution >= 0.6 is 0 Å². The lowest BCUT2D eigenvalue weighted by Gasteiger charge is -1.91. The summed E-state index contributed by atoms with van der Waals surface area (Å²) in [6.45, 7) is 3.02. The summed E-state index contributed by atoms with van der Waals surface area (Å²) in [5, 5.41) is 0. The van der Waals surface area contributed by atoms with Gasteiger partial charge in [0.1, 0.15) is 0 Å². The summed E-state index contributed by atoms with van der Waals surface area (Å²) in [5.74, 6) is 0. The third-order valence-electron chi connectivity index (χ3n) is 0.616. The minimum absolute atomic E-state index is 0. The largest absolute Gasteiger partial charge is 0.516 e. The van der Waals surface area contributed by atoms with Gasteiger partial charge in [-0.3, -0.25) is 0 Å². The average Bonchev–Trinajstić information content (AvgIpc) is 1.61. The van der Waals surface area contributed by atoms with Gasteiger partial charge in [-0.15, -0.1) is 0 Å². The van der Waals surface area contributed by atoms with Crippen molar-refractivity contribution in [2.75, 3.05) is 6.61 Å². The van der Waals surface area contributed by atoms with E-state index >= 15 is 0 Å². The molecule has 0 aliphatic heterocycles. The Hall–Kier alpha value is 0.492. The first kappa shape index (κ1) is 6.49. The van der Waals surface area contributed by atoms with E-state index in [9.17, 15) is 0 Å². The molecular weight excluding hydrogens is 91.0 g/mol. The summed E-state index contributed by atoms with van der Waals surface area (Å²) in [4.78, 5) is 0. The van der Waals surface area contributed by atoms with Crippen LogP contribution < -0.4 is 0 Å². The summed E-state index contributed by atoms with van der Waals surface area (Å²) < 4.78 is 4.70. The highest BCUT2D eigenvalue weighted by Gasteiger charge is 1.73. The van der Waals surface area contributed by atoms with Crippen LogP contribution in [-0.4, -0.2) is 23.2 Å². The molecule has 0 heterocycles. The average molecular weight is 102 g/mol. The van der Waals surface area contributed by atoms with Crippen molar-refractivity contribution in [1.29, 1.82) is 0 Å². The monoisotopic (exact) mass is 102 g/mol. The van der Waals surface area contributed by atoms with Gasteiger partial charge in [-0.1, -0.05) is 13.3 Å². The van der Waals surface area contributed by atoms with Crippen molar-refractivity contribution in [3.8, 4) is 0 Å². The van der Waals surface area contributed by atoms with Gasteiger partial charge in [0.15, 0.2) is 0 Å². The Morgan fingerprint density at radius 3 is 2.67 bits per heavy atom. The van der Waals surface area contributed by atoms with E-state index in [1.165, 1.54) is 12.8 Å². The molecule has 36 valence electrons. The van der Waals surface area contributed by atoms with E-state index in [1.807, 2.05) is 0 Å². The second-order valence-corrected chi connectivity index (χ2v) is 1.56. The fourth-order valence-electron chi connectivity index (χ4n) is 0.228. The molecule has 0 rings (SSSR count). The SMILES string of the molecule is CCCC[O][Al].[HH]. The van der Waals surface area contributed by atoms with E-state index in [0.717, 1.165) is 6.61 Å². The van der Waals surface area contributed by atoms with Gasteiger partial charge in [0, 0.05) is 8.03 Å². The Balaban J connectivity index is 0. The summed E-state index contributed by atoms with van der Waals surface area (Å²) in [6.07, 6.45) is 2.39. The zero-order valence-corrected chi connectivity index (χ0v) is 5.26. The summed E-state index contributed by atoms with van der Waals surface area (Å²) in [7, 11) is 0. The van der Waals surface area contributed by atoms with E-state index in [4.69, 9.17) is 3.79 Å². The molecule has 1 nitrogen and oxygen atoms in total. The lowest BCUT2D eigenvalue weighted by Crippen LogP contribution is -1.85. The van der Waals surface area contributed by atoms with Crippen molar-refractivity contribution in [1.82, 2.24) is 0 Å². The van der Waals surface area contributed by atoms with Gasteiger partial charge in [-0.2, -0.15) is 0 Å². The van der Waals surface area contributed by atoms with E-state index in [0.29, 0.717) is 0 Å². The normalized spacial score (nSPS) is 8.83. The maximum absolute atomic E-state index is 4.70. The number of hydrogen-bond acceptors (Lipinski definition) is 1. The van der Waals surface area contributed by atoms with E-state index in [1.54, 1.807) is 0 Å². The zero-order valence-electron chi connectivity index (χ0n) is 4.11. The molecule has 2 heteroatoms. The molecule has 0 bridgehead atoms. The van der Waals surface area contributed by atoms with Gasteiger partial charge >= 0.3 is 16.6 Å². The quantitative estimate of drug-likeness (QED) is 0.383. The van der Waals surface area contributed by atoms with Gasteiger partial charge in [0.2, 0.25) is 0 Å². The van der Waals surface area contributed by atoms with Crippen molar-refractivity contribution in [3.05, 3.63) is 0 Å². The van der Waals surface area contributed by atoms with Crippen LogP contribution in [0.3, 0.4) is 0 Å². The van der Waals surface area contributed by atoms with E-state index < -0.39 is 0 Å². The molecule has 0 atom stereocenters. The highest BCUT2D eigenvalue weighted by molar-refractivity contribution is 5.97. The Labute approximate surface area is 48.9 Å². The molecular formula is C4H11AlO. The van der Waals surface area contributed by atoms with Crippen LogP contribution in [0.25, 0.3) is 0 Å². The second kappa shape index (κ2) is 5.49. The first-order valence-corrected chi connectivity index (χ1v) is 2.70. The molecule has 0 aromatic heterocycles. The molecule has 0 unspecified atom stereocenters. The molecule has 2 radical (unpaired) electrons. The lowest BCUT2D eigenvalue weighted by molar-refractivity contribution is 0.339. The van der Waals surface area contributed by atoms with Crippen LogP contribution in [-0.2, 0) is 3.79 Å². The third-order valence-corrected chi connectivity index (χ3v) is 0.851. The smallest absolute Gasteiger partial charge is 0.369 e.